The molecule has 2 atom stereocenters. The Balaban J connectivity index is 1.54. The third-order valence-electron chi connectivity index (χ3n) is 6.13. The van der Waals surface area contributed by atoms with E-state index in [2.05, 4.69) is 4.98 Å². The molecule has 0 amide bonds. The summed E-state index contributed by atoms with van der Waals surface area (Å²) >= 11 is 0. The predicted molar refractivity (Wildman–Crippen MR) is 112 cm³/mol. The van der Waals surface area contributed by atoms with Crippen LogP contribution in [0.1, 0.15) is 41.3 Å². The Morgan fingerprint density at radius 3 is 2.60 bits per heavy atom. The molecule has 2 bridgehead atoms. The Morgan fingerprint density at radius 2 is 1.83 bits per heavy atom. The van der Waals surface area contributed by atoms with Crippen molar-refractivity contribution in [3.63, 3.8) is 0 Å². The van der Waals surface area contributed by atoms with E-state index in [1.807, 2.05) is 26.0 Å². The largest absolute Gasteiger partial charge is 0.244 e. The molecule has 2 aromatic carbocycles. The zero-order chi connectivity index (χ0) is 21.0. The molecule has 2 aliphatic heterocycles. The van der Waals surface area contributed by atoms with Crippen LogP contribution in [0.15, 0.2) is 53.6 Å². The molecule has 3 heterocycles. The second-order valence-corrected chi connectivity index (χ2v) is 9.97. The average molecular weight is 424 g/mol. The first-order chi connectivity index (χ1) is 14.3. The maximum atomic E-state index is 13.6. The van der Waals surface area contributed by atoms with Gasteiger partial charge in [-0.3, -0.25) is 0 Å². The molecule has 3 aromatic rings. The zero-order valence-corrected chi connectivity index (χ0v) is 17.7. The van der Waals surface area contributed by atoms with E-state index in [-0.39, 0.29) is 17.9 Å². The molecule has 154 valence electrons. The van der Waals surface area contributed by atoms with Crippen molar-refractivity contribution < 1.29 is 12.8 Å². The van der Waals surface area contributed by atoms with Crippen LogP contribution in [0.5, 0.6) is 0 Å². The quantitative estimate of drug-likeness (QED) is 0.628. The molecule has 7 heteroatoms. The molecule has 0 N–H and O–H groups in total. The zero-order valence-electron chi connectivity index (χ0n) is 16.8. The highest BCUT2D eigenvalue weighted by Gasteiger charge is 2.47. The van der Waals surface area contributed by atoms with Gasteiger partial charge in [0, 0.05) is 29.8 Å². The van der Waals surface area contributed by atoms with Crippen molar-refractivity contribution in [2.75, 3.05) is 0 Å². The van der Waals surface area contributed by atoms with E-state index < -0.39 is 10.0 Å². The number of hydrogen-bond acceptors (Lipinski definition) is 4. The third kappa shape index (κ3) is 3.04. The van der Waals surface area contributed by atoms with Crippen LogP contribution in [0.4, 0.5) is 4.39 Å². The maximum absolute atomic E-state index is 13.6. The molecule has 5 rings (SSSR count). The second kappa shape index (κ2) is 6.96. The fourth-order valence-electron chi connectivity index (χ4n) is 4.64. The topological polar surface area (TPSA) is 63.2 Å². The minimum absolute atomic E-state index is 0.108. The van der Waals surface area contributed by atoms with Crippen LogP contribution < -0.4 is 0 Å². The third-order valence-corrected chi connectivity index (χ3v) is 8.23. The van der Waals surface area contributed by atoms with Gasteiger partial charge in [-0.1, -0.05) is 12.1 Å². The molecular weight excluding hydrogens is 401 g/mol. The summed E-state index contributed by atoms with van der Waals surface area (Å²) in [5, 5.41) is 0. The van der Waals surface area contributed by atoms with Gasteiger partial charge in [-0.25, -0.2) is 22.8 Å². The van der Waals surface area contributed by atoms with Gasteiger partial charge >= 0.3 is 0 Å². The minimum atomic E-state index is -3.62. The molecule has 30 heavy (non-hydrogen) atoms. The summed E-state index contributed by atoms with van der Waals surface area (Å²) < 4.78 is 42.1. The molecular formula is C23H22FN3O2S. The SMILES string of the molecule is Cc1ccc(C)c(S(=O)(=O)N2[C@H]3CC[C@@H]2c2cnc(-c4ccc(F)cc4)nc2C3)c1. The molecule has 2 aliphatic rings. The Morgan fingerprint density at radius 1 is 1.07 bits per heavy atom. The standard InChI is InChI=1S/C23H22FN3O2S/c1-14-3-4-15(2)22(11-14)30(28,29)27-18-9-10-21(27)19-13-25-23(26-20(19)12-18)16-5-7-17(24)8-6-16/h3-8,11,13,18,21H,9-10,12H2,1-2H3/t18-,21+/m0/s1. The van der Waals surface area contributed by atoms with Crippen molar-refractivity contribution >= 4 is 10.0 Å². The highest BCUT2D eigenvalue weighted by Crippen LogP contribution is 2.46. The highest BCUT2D eigenvalue weighted by atomic mass is 32.2. The first-order valence-electron chi connectivity index (χ1n) is 10.1. The number of hydrogen-bond donors (Lipinski definition) is 0. The molecule has 1 saturated heterocycles. The number of fused-ring (bicyclic) bond motifs is 4. The maximum Gasteiger partial charge on any atom is 0.244 e. The Labute approximate surface area is 175 Å². The van der Waals surface area contributed by atoms with Crippen molar-refractivity contribution in [1.29, 1.82) is 0 Å². The Bertz CT molecular complexity index is 1240. The van der Waals surface area contributed by atoms with E-state index in [9.17, 15) is 12.8 Å². The molecule has 5 nitrogen and oxygen atoms in total. The summed E-state index contributed by atoms with van der Waals surface area (Å²) in [6.45, 7) is 3.74. The van der Waals surface area contributed by atoms with Crippen LogP contribution in [0, 0.1) is 19.7 Å². The van der Waals surface area contributed by atoms with Crippen molar-refractivity contribution in [2.24, 2.45) is 0 Å². The molecule has 0 aliphatic carbocycles. The highest BCUT2D eigenvalue weighted by molar-refractivity contribution is 7.89. The van der Waals surface area contributed by atoms with Crippen LogP contribution in [-0.4, -0.2) is 28.7 Å². The first-order valence-corrected chi connectivity index (χ1v) is 11.5. The van der Waals surface area contributed by atoms with Crippen molar-refractivity contribution in [2.45, 2.75) is 50.1 Å². The number of sulfonamides is 1. The summed E-state index contributed by atoms with van der Waals surface area (Å²) in [5.74, 6) is 0.237. The molecule has 0 unspecified atom stereocenters. The monoisotopic (exact) mass is 423 g/mol. The lowest BCUT2D eigenvalue weighted by atomic mass is 10.0. The number of halogens is 1. The average Bonchev–Trinajstić information content (AvgIpc) is 3.06. The summed E-state index contributed by atoms with van der Waals surface area (Å²) in [6.07, 6.45) is 3.88. The number of aromatic nitrogens is 2. The number of nitrogens with zero attached hydrogens (tertiary/aromatic N) is 3. The van der Waals surface area contributed by atoms with Gasteiger partial charge in [0.05, 0.1) is 16.6 Å². The van der Waals surface area contributed by atoms with Gasteiger partial charge < -0.3 is 0 Å². The lowest BCUT2D eigenvalue weighted by Gasteiger charge is -2.35. The van der Waals surface area contributed by atoms with E-state index >= 15 is 0 Å². The van der Waals surface area contributed by atoms with E-state index in [1.54, 1.807) is 28.7 Å². The summed E-state index contributed by atoms with van der Waals surface area (Å²) in [5.41, 5.74) is 4.20. The van der Waals surface area contributed by atoms with Gasteiger partial charge in [0.15, 0.2) is 5.82 Å². The van der Waals surface area contributed by atoms with Gasteiger partial charge in [0.25, 0.3) is 0 Å². The molecule has 0 spiro atoms. The normalized spacial score (nSPS) is 20.9. The van der Waals surface area contributed by atoms with E-state index in [0.717, 1.165) is 40.8 Å². The molecule has 1 aromatic heterocycles. The van der Waals surface area contributed by atoms with Crippen LogP contribution in [-0.2, 0) is 16.4 Å². The van der Waals surface area contributed by atoms with Crippen LogP contribution >= 0.6 is 0 Å². The molecule has 0 saturated carbocycles. The fraction of sp³-hybridized carbons (Fsp3) is 0.304. The summed E-state index contributed by atoms with van der Waals surface area (Å²) in [4.78, 5) is 9.58. The smallest absolute Gasteiger partial charge is 0.236 e. The number of rotatable bonds is 3. The van der Waals surface area contributed by atoms with Gasteiger partial charge in [-0.05, 0) is 68.1 Å². The van der Waals surface area contributed by atoms with Crippen molar-refractivity contribution in [3.05, 3.63) is 76.9 Å². The lowest BCUT2D eigenvalue weighted by Crippen LogP contribution is -2.42. The van der Waals surface area contributed by atoms with Gasteiger partial charge in [-0.15, -0.1) is 0 Å². The van der Waals surface area contributed by atoms with E-state index in [4.69, 9.17) is 4.98 Å². The number of benzene rings is 2. The van der Waals surface area contributed by atoms with Gasteiger partial charge in [0.2, 0.25) is 10.0 Å². The second-order valence-electron chi connectivity index (χ2n) is 8.16. The van der Waals surface area contributed by atoms with Crippen molar-refractivity contribution in [1.82, 2.24) is 14.3 Å². The van der Waals surface area contributed by atoms with Crippen LogP contribution in [0.2, 0.25) is 0 Å². The van der Waals surface area contributed by atoms with Gasteiger partial charge in [0.1, 0.15) is 5.82 Å². The summed E-state index contributed by atoms with van der Waals surface area (Å²) in [6, 6.07) is 11.3. The van der Waals surface area contributed by atoms with Crippen LogP contribution in [0.3, 0.4) is 0 Å². The van der Waals surface area contributed by atoms with Gasteiger partial charge in [-0.2, -0.15) is 4.31 Å². The predicted octanol–water partition coefficient (Wildman–Crippen LogP) is 4.35. The van der Waals surface area contributed by atoms with E-state index in [1.165, 1.54) is 12.1 Å². The number of aryl methyl sites for hydroxylation is 2. The minimum Gasteiger partial charge on any atom is -0.236 e. The molecule has 0 radical (unpaired) electrons. The Hall–Kier alpha value is -2.64. The molecule has 1 fully saturated rings. The Kier molecular flexibility index (Phi) is 4.48. The summed E-state index contributed by atoms with van der Waals surface area (Å²) in [7, 11) is -3.62. The lowest BCUT2D eigenvalue weighted by molar-refractivity contribution is 0.300. The van der Waals surface area contributed by atoms with Crippen LogP contribution in [0.25, 0.3) is 11.4 Å². The fourth-order valence-corrected chi connectivity index (χ4v) is 6.80. The van der Waals surface area contributed by atoms with E-state index in [0.29, 0.717) is 17.1 Å². The first kappa shape index (κ1) is 19.3. The van der Waals surface area contributed by atoms with Crippen molar-refractivity contribution in [3.8, 4) is 11.4 Å².